The van der Waals surface area contributed by atoms with Crippen LogP contribution in [0.25, 0.3) is 11.4 Å². The molecule has 1 aliphatic rings. The minimum Gasteiger partial charge on any atom is -0.497 e. The number of carbonyl (C=O) groups excluding carboxylic acids is 1. The number of ether oxygens (including phenoxy) is 2. The van der Waals surface area contributed by atoms with Gasteiger partial charge in [-0.15, -0.1) is 0 Å². The fourth-order valence-corrected chi connectivity index (χ4v) is 2.39. The molecule has 0 saturated carbocycles. The number of aromatic nitrogens is 2. The first-order valence-corrected chi connectivity index (χ1v) is 7.84. The van der Waals surface area contributed by atoms with Crippen LogP contribution in [0.2, 0.25) is 0 Å². The smallest absolute Gasteiger partial charge is 0.317 e. The number of nitrogens with zero attached hydrogens (tertiary/aromatic N) is 3. The van der Waals surface area contributed by atoms with Crippen molar-refractivity contribution in [3.05, 3.63) is 30.2 Å². The quantitative estimate of drug-likeness (QED) is 0.888. The zero-order valence-electron chi connectivity index (χ0n) is 13.5. The molecule has 1 aromatic heterocycles. The van der Waals surface area contributed by atoms with Crippen molar-refractivity contribution in [3.63, 3.8) is 0 Å². The van der Waals surface area contributed by atoms with Gasteiger partial charge in [-0.1, -0.05) is 17.3 Å². The molecular weight excluding hydrogens is 312 g/mol. The molecule has 2 heterocycles. The number of methoxy groups -OCH3 is 1. The number of hydrogen-bond acceptors (Lipinski definition) is 6. The first kappa shape index (κ1) is 16.3. The molecule has 0 spiro atoms. The lowest BCUT2D eigenvalue weighted by Gasteiger charge is -2.26. The number of benzene rings is 1. The average molecular weight is 332 g/mol. The van der Waals surface area contributed by atoms with E-state index in [1.807, 2.05) is 24.3 Å². The van der Waals surface area contributed by atoms with Crippen molar-refractivity contribution in [1.29, 1.82) is 0 Å². The molecule has 1 N–H and O–H groups in total. The van der Waals surface area contributed by atoms with Gasteiger partial charge >= 0.3 is 6.03 Å². The normalized spacial score (nSPS) is 14.5. The second-order valence-electron chi connectivity index (χ2n) is 5.33. The van der Waals surface area contributed by atoms with Crippen LogP contribution >= 0.6 is 0 Å². The minimum absolute atomic E-state index is 0.0918. The second kappa shape index (κ2) is 7.78. The van der Waals surface area contributed by atoms with E-state index >= 15 is 0 Å². The van der Waals surface area contributed by atoms with Gasteiger partial charge in [0.1, 0.15) is 5.75 Å². The maximum Gasteiger partial charge on any atom is 0.317 e. The second-order valence-corrected chi connectivity index (χ2v) is 5.33. The Morgan fingerprint density at radius 2 is 2.21 bits per heavy atom. The van der Waals surface area contributed by atoms with Gasteiger partial charge in [-0.2, -0.15) is 4.98 Å². The summed E-state index contributed by atoms with van der Waals surface area (Å²) in [5, 5.41) is 6.82. The Labute approximate surface area is 139 Å². The molecule has 1 aromatic carbocycles. The summed E-state index contributed by atoms with van der Waals surface area (Å²) < 4.78 is 15.6. The highest BCUT2D eigenvalue weighted by molar-refractivity contribution is 5.74. The number of urea groups is 1. The third-order valence-corrected chi connectivity index (χ3v) is 3.71. The zero-order chi connectivity index (χ0) is 16.8. The third-order valence-electron chi connectivity index (χ3n) is 3.71. The number of hydrogen-bond donors (Lipinski definition) is 1. The van der Waals surface area contributed by atoms with Crippen LogP contribution in [-0.2, 0) is 11.2 Å². The van der Waals surface area contributed by atoms with Crippen LogP contribution in [0.4, 0.5) is 4.79 Å². The highest BCUT2D eigenvalue weighted by Gasteiger charge is 2.16. The van der Waals surface area contributed by atoms with Crippen LogP contribution < -0.4 is 10.1 Å². The standard InChI is InChI=1S/C16H20N4O4/c1-22-13-4-2-3-12(11-13)15-18-14(24-19-15)5-6-17-16(21)20-7-9-23-10-8-20/h2-4,11H,5-10H2,1H3,(H,17,21). The largest absolute Gasteiger partial charge is 0.497 e. The molecule has 8 heteroatoms. The number of rotatable bonds is 5. The Hall–Kier alpha value is -2.61. The lowest BCUT2D eigenvalue weighted by atomic mass is 10.2. The van der Waals surface area contributed by atoms with Gasteiger partial charge in [0.25, 0.3) is 0 Å². The van der Waals surface area contributed by atoms with Gasteiger partial charge in [0, 0.05) is 31.6 Å². The molecule has 2 aromatic rings. The van der Waals surface area contributed by atoms with Gasteiger partial charge in [-0.25, -0.2) is 4.79 Å². The van der Waals surface area contributed by atoms with E-state index in [0.29, 0.717) is 51.0 Å². The van der Waals surface area contributed by atoms with Crippen molar-refractivity contribution in [1.82, 2.24) is 20.4 Å². The molecule has 1 aliphatic heterocycles. The molecule has 8 nitrogen and oxygen atoms in total. The lowest BCUT2D eigenvalue weighted by Crippen LogP contribution is -2.46. The summed E-state index contributed by atoms with van der Waals surface area (Å²) in [5.41, 5.74) is 0.821. The van der Waals surface area contributed by atoms with Gasteiger partial charge in [0.2, 0.25) is 11.7 Å². The van der Waals surface area contributed by atoms with E-state index in [4.69, 9.17) is 14.0 Å². The molecule has 128 valence electrons. The lowest BCUT2D eigenvalue weighted by molar-refractivity contribution is 0.0532. The number of amides is 2. The summed E-state index contributed by atoms with van der Waals surface area (Å²) in [7, 11) is 1.61. The topological polar surface area (TPSA) is 89.7 Å². The van der Waals surface area contributed by atoms with Crippen LogP contribution in [0.5, 0.6) is 5.75 Å². The van der Waals surface area contributed by atoms with Gasteiger partial charge < -0.3 is 24.2 Å². The predicted octanol–water partition coefficient (Wildman–Crippen LogP) is 1.33. The molecule has 2 amide bonds. The molecule has 0 bridgehead atoms. The molecule has 0 unspecified atom stereocenters. The van der Waals surface area contributed by atoms with E-state index < -0.39 is 0 Å². The van der Waals surface area contributed by atoms with E-state index in [-0.39, 0.29) is 6.03 Å². The molecule has 0 radical (unpaired) electrons. The van der Waals surface area contributed by atoms with Gasteiger partial charge in [0.05, 0.1) is 20.3 Å². The third kappa shape index (κ3) is 4.02. The van der Waals surface area contributed by atoms with Crippen LogP contribution in [-0.4, -0.2) is 61.0 Å². The Morgan fingerprint density at radius 3 is 3.00 bits per heavy atom. The molecule has 1 fully saturated rings. The van der Waals surface area contributed by atoms with Gasteiger partial charge in [-0.3, -0.25) is 0 Å². The van der Waals surface area contributed by atoms with E-state index in [1.54, 1.807) is 12.0 Å². The average Bonchev–Trinajstić information content (AvgIpc) is 3.11. The summed E-state index contributed by atoms with van der Waals surface area (Å²) in [6.45, 7) is 2.84. The van der Waals surface area contributed by atoms with Crippen LogP contribution in [0.1, 0.15) is 5.89 Å². The Morgan fingerprint density at radius 1 is 1.38 bits per heavy atom. The van der Waals surface area contributed by atoms with Crippen molar-refractivity contribution in [3.8, 4) is 17.1 Å². The molecule has 1 saturated heterocycles. The SMILES string of the molecule is COc1cccc(-c2noc(CCNC(=O)N3CCOCC3)n2)c1. The number of morpholine rings is 1. The van der Waals surface area contributed by atoms with Crippen LogP contribution in [0.3, 0.4) is 0 Å². The Kier molecular flexibility index (Phi) is 5.27. The van der Waals surface area contributed by atoms with Crippen LogP contribution in [0, 0.1) is 0 Å². The van der Waals surface area contributed by atoms with Crippen molar-refractivity contribution >= 4 is 6.03 Å². The maximum atomic E-state index is 12.0. The fourth-order valence-electron chi connectivity index (χ4n) is 2.39. The van der Waals surface area contributed by atoms with Crippen molar-refractivity contribution < 1.29 is 18.8 Å². The maximum absolute atomic E-state index is 12.0. The summed E-state index contributed by atoms with van der Waals surface area (Å²) >= 11 is 0. The van der Waals surface area contributed by atoms with Gasteiger partial charge in [-0.05, 0) is 12.1 Å². The predicted molar refractivity (Wildman–Crippen MR) is 85.8 cm³/mol. The van der Waals surface area contributed by atoms with E-state index in [9.17, 15) is 4.79 Å². The molecule has 0 atom stereocenters. The Bertz CT molecular complexity index is 682. The van der Waals surface area contributed by atoms with E-state index in [2.05, 4.69) is 15.5 Å². The number of nitrogens with one attached hydrogen (secondary N) is 1. The van der Waals surface area contributed by atoms with Gasteiger partial charge in [0.15, 0.2) is 0 Å². The highest BCUT2D eigenvalue weighted by atomic mass is 16.5. The summed E-state index contributed by atoms with van der Waals surface area (Å²) in [4.78, 5) is 18.0. The summed E-state index contributed by atoms with van der Waals surface area (Å²) in [6.07, 6.45) is 0.479. The number of carbonyl (C=O) groups is 1. The van der Waals surface area contributed by atoms with E-state index in [1.165, 1.54) is 0 Å². The van der Waals surface area contributed by atoms with Crippen molar-refractivity contribution in [2.24, 2.45) is 0 Å². The molecule has 24 heavy (non-hydrogen) atoms. The van der Waals surface area contributed by atoms with Crippen molar-refractivity contribution in [2.45, 2.75) is 6.42 Å². The molecular formula is C16H20N4O4. The van der Waals surface area contributed by atoms with Crippen molar-refractivity contribution in [2.75, 3.05) is 40.0 Å². The molecule has 0 aliphatic carbocycles. The zero-order valence-corrected chi connectivity index (χ0v) is 13.5. The monoisotopic (exact) mass is 332 g/mol. The summed E-state index contributed by atoms with van der Waals surface area (Å²) in [6, 6.07) is 7.36. The first-order valence-electron chi connectivity index (χ1n) is 7.84. The Balaban J connectivity index is 1.51. The van der Waals surface area contributed by atoms with E-state index in [0.717, 1.165) is 11.3 Å². The fraction of sp³-hybridized carbons (Fsp3) is 0.438. The summed E-state index contributed by atoms with van der Waals surface area (Å²) in [5.74, 6) is 1.72. The first-order chi connectivity index (χ1) is 11.8. The molecule has 3 rings (SSSR count). The highest BCUT2D eigenvalue weighted by Crippen LogP contribution is 2.21. The minimum atomic E-state index is -0.0918. The van der Waals surface area contributed by atoms with Crippen LogP contribution in [0.15, 0.2) is 28.8 Å².